The first-order valence-electron chi connectivity index (χ1n) is 16.5. The zero-order valence-electron chi connectivity index (χ0n) is 28.5. The number of benzene rings is 2. The number of hydrogen-bond acceptors (Lipinski definition) is 6. The van der Waals surface area contributed by atoms with Crippen LogP contribution in [0.5, 0.6) is 0 Å². The smallest absolute Gasteiger partial charge is 0.323 e. The standard InChI is InChI=1S/C33H46N6O6.C2H6/c1-24(2)15-19-38(31(42)23-39(20-16-32(43)44)30(41)22-37-17-7-4-8-18-37)21-29(40)34-26-11-13-27(14-12-26)35-33(45)36-28-10-6-5-9-25(28)3;1-2/h5-6,9-14,24H,4,7-8,15-23H2,1-3H3,(H,34,40)(H,43,44)(H2,35,36,45);1-2H3. The van der Waals surface area contributed by atoms with Crippen molar-refractivity contribution in [3.05, 3.63) is 54.1 Å². The number of para-hydroxylation sites is 1. The summed E-state index contributed by atoms with van der Waals surface area (Å²) in [5.74, 6) is -1.90. The Bertz CT molecular complexity index is 1310. The predicted octanol–water partition coefficient (Wildman–Crippen LogP) is 5.27. The number of piperidine rings is 1. The molecule has 47 heavy (non-hydrogen) atoms. The number of carbonyl (C=O) groups is 5. The molecule has 0 radical (unpaired) electrons. The molecular weight excluding hydrogens is 600 g/mol. The minimum Gasteiger partial charge on any atom is -0.481 e. The predicted molar refractivity (Wildman–Crippen MR) is 185 cm³/mol. The van der Waals surface area contributed by atoms with Crippen LogP contribution in [0.4, 0.5) is 21.9 Å². The first kappa shape index (κ1) is 38.7. The molecule has 0 aliphatic carbocycles. The molecule has 1 aliphatic rings. The van der Waals surface area contributed by atoms with Crippen LogP contribution in [0.15, 0.2) is 48.5 Å². The minimum absolute atomic E-state index is 0.0820. The summed E-state index contributed by atoms with van der Waals surface area (Å²) in [5.41, 5.74) is 2.65. The SMILES string of the molecule is CC.Cc1ccccc1NC(=O)Nc1ccc(NC(=O)CN(CCC(C)C)C(=O)CN(CCC(=O)O)C(=O)CN2CCCCC2)cc1. The van der Waals surface area contributed by atoms with Gasteiger partial charge in [0.15, 0.2) is 0 Å². The molecule has 1 heterocycles. The third-order valence-corrected chi connectivity index (χ3v) is 7.57. The van der Waals surface area contributed by atoms with Crippen LogP contribution in [0.3, 0.4) is 0 Å². The molecule has 2 aromatic rings. The van der Waals surface area contributed by atoms with E-state index < -0.39 is 23.8 Å². The van der Waals surface area contributed by atoms with Gasteiger partial charge in [0.25, 0.3) is 0 Å². The monoisotopic (exact) mass is 652 g/mol. The van der Waals surface area contributed by atoms with Crippen molar-refractivity contribution in [2.24, 2.45) is 5.92 Å². The Labute approximate surface area is 278 Å². The first-order chi connectivity index (χ1) is 22.5. The molecule has 0 bridgehead atoms. The van der Waals surface area contributed by atoms with Crippen molar-refractivity contribution in [3.8, 4) is 0 Å². The summed E-state index contributed by atoms with van der Waals surface area (Å²) < 4.78 is 0. The van der Waals surface area contributed by atoms with Crippen molar-refractivity contribution >= 4 is 46.8 Å². The fourth-order valence-electron chi connectivity index (χ4n) is 4.91. The zero-order chi connectivity index (χ0) is 34.8. The van der Waals surface area contributed by atoms with Gasteiger partial charge in [-0.15, -0.1) is 0 Å². The number of aryl methyl sites for hydroxylation is 1. The summed E-state index contributed by atoms with van der Waals surface area (Å²) in [4.78, 5) is 68.0. The maximum absolute atomic E-state index is 13.4. The van der Waals surface area contributed by atoms with Crippen LogP contribution < -0.4 is 16.0 Å². The van der Waals surface area contributed by atoms with E-state index in [1.807, 2.05) is 63.8 Å². The normalized spacial score (nSPS) is 12.7. The highest BCUT2D eigenvalue weighted by Crippen LogP contribution is 2.17. The number of urea groups is 1. The van der Waals surface area contributed by atoms with Crippen LogP contribution in [0.2, 0.25) is 0 Å². The number of hydrogen-bond donors (Lipinski definition) is 4. The summed E-state index contributed by atoms with van der Waals surface area (Å²) in [5, 5.41) is 17.6. The Morgan fingerprint density at radius 2 is 1.38 bits per heavy atom. The van der Waals surface area contributed by atoms with Crippen LogP contribution in [-0.4, -0.2) is 95.3 Å². The molecule has 0 spiro atoms. The number of aliphatic carboxylic acids is 1. The molecule has 1 aliphatic heterocycles. The number of carbonyl (C=O) groups excluding carboxylic acids is 4. The number of likely N-dealkylation sites (tertiary alicyclic amines) is 1. The van der Waals surface area contributed by atoms with Gasteiger partial charge in [0, 0.05) is 30.2 Å². The Balaban J connectivity index is 0.00000376. The molecule has 0 saturated carbocycles. The summed E-state index contributed by atoms with van der Waals surface area (Å²) in [7, 11) is 0. The van der Waals surface area contributed by atoms with E-state index in [4.69, 9.17) is 0 Å². The van der Waals surface area contributed by atoms with Gasteiger partial charge in [0.2, 0.25) is 17.7 Å². The van der Waals surface area contributed by atoms with Crippen molar-refractivity contribution in [1.82, 2.24) is 14.7 Å². The molecule has 258 valence electrons. The van der Waals surface area contributed by atoms with E-state index in [9.17, 15) is 29.1 Å². The maximum Gasteiger partial charge on any atom is 0.323 e. The number of carboxylic acids is 1. The first-order valence-corrected chi connectivity index (χ1v) is 16.5. The summed E-state index contributed by atoms with van der Waals surface area (Å²) >= 11 is 0. The molecule has 4 N–H and O–H groups in total. The molecule has 5 amide bonds. The van der Waals surface area contributed by atoms with Crippen molar-refractivity contribution in [1.29, 1.82) is 0 Å². The van der Waals surface area contributed by atoms with Crippen molar-refractivity contribution in [3.63, 3.8) is 0 Å². The van der Waals surface area contributed by atoms with Gasteiger partial charge in [-0.2, -0.15) is 0 Å². The lowest BCUT2D eigenvalue weighted by molar-refractivity contribution is -0.144. The third-order valence-electron chi connectivity index (χ3n) is 7.57. The van der Waals surface area contributed by atoms with Crippen LogP contribution in [0.1, 0.15) is 65.4 Å². The number of carboxylic acid groups (broad SMARTS) is 1. The van der Waals surface area contributed by atoms with Crippen LogP contribution in [-0.2, 0) is 19.2 Å². The van der Waals surface area contributed by atoms with Crippen LogP contribution in [0.25, 0.3) is 0 Å². The third kappa shape index (κ3) is 14.7. The van der Waals surface area contributed by atoms with Gasteiger partial charge in [0.1, 0.15) is 0 Å². The topological polar surface area (TPSA) is 151 Å². The Morgan fingerprint density at radius 1 is 0.787 bits per heavy atom. The average Bonchev–Trinajstić information content (AvgIpc) is 3.04. The molecule has 12 nitrogen and oxygen atoms in total. The van der Waals surface area contributed by atoms with Crippen LogP contribution in [0, 0.1) is 12.8 Å². The van der Waals surface area contributed by atoms with Gasteiger partial charge in [-0.05, 0) is 81.1 Å². The highest BCUT2D eigenvalue weighted by atomic mass is 16.4. The largest absolute Gasteiger partial charge is 0.481 e. The minimum atomic E-state index is -1.05. The fourth-order valence-corrected chi connectivity index (χ4v) is 4.91. The molecule has 3 rings (SSSR count). The van der Waals surface area contributed by atoms with Gasteiger partial charge in [-0.3, -0.25) is 24.1 Å². The highest BCUT2D eigenvalue weighted by Gasteiger charge is 2.25. The van der Waals surface area contributed by atoms with Crippen LogP contribution >= 0.6 is 0 Å². The number of amides is 5. The van der Waals surface area contributed by atoms with Gasteiger partial charge < -0.3 is 30.9 Å². The second-order valence-electron chi connectivity index (χ2n) is 11.8. The quantitative estimate of drug-likeness (QED) is 0.205. The average molecular weight is 653 g/mol. The Morgan fingerprint density at radius 3 is 1.98 bits per heavy atom. The van der Waals surface area contributed by atoms with E-state index in [-0.39, 0.29) is 44.4 Å². The lowest BCUT2D eigenvalue weighted by atomic mass is 10.1. The molecule has 0 atom stereocenters. The number of nitrogens with one attached hydrogen (secondary N) is 3. The van der Waals surface area contributed by atoms with E-state index in [0.29, 0.717) is 30.0 Å². The van der Waals surface area contributed by atoms with Crippen molar-refractivity contribution in [2.45, 2.75) is 66.7 Å². The van der Waals surface area contributed by atoms with Crippen molar-refractivity contribution in [2.75, 3.05) is 61.8 Å². The molecule has 2 aromatic carbocycles. The molecule has 1 fully saturated rings. The van der Waals surface area contributed by atoms with E-state index in [0.717, 1.165) is 37.9 Å². The summed E-state index contributed by atoms with van der Waals surface area (Å²) in [6, 6.07) is 13.6. The molecule has 0 unspecified atom stereocenters. The van der Waals surface area contributed by atoms with E-state index in [2.05, 4.69) is 16.0 Å². The fraction of sp³-hybridized carbons (Fsp3) is 0.514. The lowest BCUT2D eigenvalue weighted by Crippen LogP contribution is -2.49. The van der Waals surface area contributed by atoms with Gasteiger partial charge in [0.05, 0.1) is 26.1 Å². The maximum atomic E-state index is 13.4. The lowest BCUT2D eigenvalue weighted by Gasteiger charge is -2.31. The molecule has 0 aromatic heterocycles. The number of nitrogens with zero attached hydrogens (tertiary/aromatic N) is 3. The van der Waals surface area contributed by atoms with Gasteiger partial charge in [-0.25, -0.2) is 4.79 Å². The number of anilines is 3. The Hall–Kier alpha value is -4.45. The molecule has 12 heteroatoms. The molecular formula is C35H52N6O6. The highest BCUT2D eigenvalue weighted by molar-refractivity contribution is 6.00. The zero-order valence-corrected chi connectivity index (χ0v) is 28.5. The van der Waals surface area contributed by atoms with Gasteiger partial charge in [-0.1, -0.05) is 52.3 Å². The summed E-state index contributed by atoms with van der Waals surface area (Å²) in [6.07, 6.45) is 3.50. The Kier molecular flexibility index (Phi) is 17.0. The van der Waals surface area contributed by atoms with E-state index >= 15 is 0 Å². The summed E-state index contributed by atoms with van der Waals surface area (Å²) in [6.45, 7) is 11.4. The van der Waals surface area contributed by atoms with E-state index in [1.165, 1.54) is 9.80 Å². The van der Waals surface area contributed by atoms with E-state index in [1.54, 1.807) is 24.3 Å². The van der Waals surface area contributed by atoms with Gasteiger partial charge >= 0.3 is 12.0 Å². The number of rotatable bonds is 15. The molecule has 1 saturated heterocycles. The second kappa shape index (κ2) is 20.6. The second-order valence-corrected chi connectivity index (χ2v) is 11.8. The van der Waals surface area contributed by atoms with Crippen molar-refractivity contribution < 1.29 is 29.1 Å².